The fraction of sp³-hybridized carbons (Fsp3) is 0.391. The SMILES string of the molecule is CC(C)(C)[Si](C)(C)OCCCOc1cc(C(N)=O)cc([N+](=O)[O-])c1Cl.NC(=O)c1cc(O)c(Cl)c([N+](=O)[O-])c1. The second-order valence-corrected chi connectivity index (χ2v) is 15.3. The first-order valence-corrected chi connectivity index (χ1v) is 15.0. The van der Waals surface area contributed by atoms with Crippen LogP contribution in [0.2, 0.25) is 28.2 Å². The zero-order valence-corrected chi connectivity index (χ0v) is 24.5. The summed E-state index contributed by atoms with van der Waals surface area (Å²) in [6, 6.07) is 4.23. The first kappa shape index (κ1) is 33.6. The molecule has 0 saturated heterocycles. The van der Waals surface area contributed by atoms with Gasteiger partial charge in [0.2, 0.25) is 11.8 Å². The van der Waals surface area contributed by atoms with Gasteiger partial charge >= 0.3 is 0 Å². The van der Waals surface area contributed by atoms with Crippen molar-refractivity contribution >= 4 is 54.7 Å². The second kappa shape index (κ2) is 13.6. The third-order valence-corrected chi connectivity index (χ3v) is 11.1. The van der Waals surface area contributed by atoms with Gasteiger partial charge in [-0.25, -0.2) is 0 Å². The molecule has 0 spiro atoms. The number of phenolic OH excluding ortho intramolecular Hbond substituents is 1. The Morgan fingerprint density at radius 3 is 1.82 bits per heavy atom. The molecule has 13 nitrogen and oxygen atoms in total. The number of carbonyl (C=O) groups is 2. The van der Waals surface area contributed by atoms with Crippen molar-refractivity contribution in [1.29, 1.82) is 0 Å². The smallest absolute Gasteiger partial charge is 0.292 e. The molecule has 0 heterocycles. The summed E-state index contributed by atoms with van der Waals surface area (Å²) in [5.74, 6) is -2.14. The average molecular weight is 606 g/mol. The number of carbonyl (C=O) groups excluding carboxylic acids is 2. The molecule has 0 aromatic heterocycles. The third-order valence-electron chi connectivity index (χ3n) is 5.83. The molecule has 0 radical (unpaired) electrons. The normalized spacial score (nSPS) is 11.3. The number of nitro groups is 2. The molecule has 2 rings (SSSR count). The molecule has 0 saturated carbocycles. The van der Waals surface area contributed by atoms with Gasteiger partial charge in [-0.05, 0) is 30.3 Å². The van der Waals surface area contributed by atoms with E-state index in [1.54, 1.807) is 0 Å². The van der Waals surface area contributed by atoms with Gasteiger partial charge in [-0.15, -0.1) is 0 Å². The quantitative estimate of drug-likeness (QED) is 0.140. The van der Waals surface area contributed by atoms with Crippen LogP contribution in [0.3, 0.4) is 0 Å². The van der Waals surface area contributed by atoms with Crippen LogP contribution in [-0.2, 0) is 4.43 Å². The molecule has 0 fully saturated rings. The number of nitro benzene ring substituents is 2. The number of phenols is 1. The van der Waals surface area contributed by atoms with Crippen molar-refractivity contribution < 1.29 is 33.7 Å². The molecule has 0 unspecified atom stereocenters. The fourth-order valence-corrected chi connectivity index (χ4v) is 4.12. The predicted molar refractivity (Wildman–Crippen MR) is 148 cm³/mol. The van der Waals surface area contributed by atoms with Gasteiger partial charge in [0.25, 0.3) is 11.4 Å². The van der Waals surface area contributed by atoms with Gasteiger partial charge in [0.15, 0.2) is 18.4 Å². The molecule has 5 N–H and O–H groups in total. The Morgan fingerprint density at radius 1 is 0.923 bits per heavy atom. The highest BCUT2D eigenvalue weighted by Gasteiger charge is 2.36. The van der Waals surface area contributed by atoms with Crippen molar-refractivity contribution in [2.75, 3.05) is 13.2 Å². The molecule has 2 aromatic carbocycles. The number of ether oxygens (including phenoxy) is 1. The molecule has 0 aliphatic carbocycles. The number of nitrogens with two attached hydrogens (primary N) is 2. The van der Waals surface area contributed by atoms with Gasteiger partial charge in [-0.2, -0.15) is 0 Å². The van der Waals surface area contributed by atoms with Crippen LogP contribution in [0, 0.1) is 20.2 Å². The summed E-state index contributed by atoms with van der Waals surface area (Å²) in [5.41, 5.74) is 8.92. The van der Waals surface area contributed by atoms with Crippen LogP contribution in [0.4, 0.5) is 11.4 Å². The summed E-state index contributed by atoms with van der Waals surface area (Å²) < 4.78 is 11.5. The fourth-order valence-electron chi connectivity index (χ4n) is 2.62. The zero-order valence-electron chi connectivity index (χ0n) is 21.9. The van der Waals surface area contributed by atoms with Crippen LogP contribution in [0.15, 0.2) is 24.3 Å². The lowest BCUT2D eigenvalue weighted by atomic mass is 10.2. The van der Waals surface area contributed by atoms with Gasteiger partial charge < -0.3 is 25.7 Å². The van der Waals surface area contributed by atoms with E-state index in [1.165, 1.54) is 6.07 Å². The number of hydrogen-bond donors (Lipinski definition) is 3. The number of halogens is 2. The van der Waals surface area contributed by atoms with E-state index in [0.717, 1.165) is 18.2 Å². The van der Waals surface area contributed by atoms with Gasteiger partial charge in [-0.3, -0.25) is 29.8 Å². The summed E-state index contributed by atoms with van der Waals surface area (Å²) in [6.07, 6.45) is 0.595. The van der Waals surface area contributed by atoms with Crippen molar-refractivity contribution in [3.8, 4) is 11.5 Å². The minimum atomic E-state index is -1.82. The minimum Gasteiger partial charge on any atom is -0.506 e. The Labute approximate surface area is 235 Å². The largest absolute Gasteiger partial charge is 0.506 e. The highest BCUT2D eigenvalue weighted by Crippen LogP contribution is 2.37. The number of rotatable bonds is 10. The number of aromatic hydroxyl groups is 1. The van der Waals surface area contributed by atoms with E-state index in [2.05, 4.69) is 33.9 Å². The summed E-state index contributed by atoms with van der Waals surface area (Å²) >= 11 is 11.4. The Hall–Kier alpha value is -3.46. The molecular formula is C23H30Cl2N4O9Si. The number of amides is 2. The van der Waals surface area contributed by atoms with Gasteiger partial charge in [0.1, 0.15) is 11.5 Å². The Kier molecular flexibility index (Phi) is 11.7. The van der Waals surface area contributed by atoms with Gasteiger partial charge in [0.05, 0.1) is 16.5 Å². The van der Waals surface area contributed by atoms with Crippen LogP contribution in [0.5, 0.6) is 11.5 Å². The number of hydrogen-bond acceptors (Lipinski definition) is 9. The highest BCUT2D eigenvalue weighted by atomic mass is 35.5. The predicted octanol–water partition coefficient (Wildman–Crippen LogP) is 5.19. The van der Waals surface area contributed by atoms with Crippen LogP contribution in [0.25, 0.3) is 0 Å². The first-order valence-electron chi connectivity index (χ1n) is 11.3. The average Bonchev–Trinajstić information content (AvgIpc) is 2.80. The lowest BCUT2D eigenvalue weighted by Crippen LogP contribution is -2.41. The van der Waals surface area contributed by atoms with E-state index < -0.39 is 52.1 Å². The number of benzene rings is 2. The van der Waals surface area contributed by atoms with Crippen molar-refractivity contribution in [3.63, 3.8) is 0 Å². The molecular weight excluding hydrogens is 575 g/mol. The minimum absolute atomic E-state index is 0.0244. The molecule has 39 heavy (non-hydrogen) atoms. The summed E-state index contributed by atoms with van der Waals surface area (Å²) in [5, 5.41) is 30.1. The van der Waals surface area contributed by atoms with Crippen LogP contribution < -0.4 is 16.2 Å². The molecule has 2 aromatic rings. The maximum absolute atomic E-state index is 11.3. The van der Waals surface area contributed by atoms with Crippen LogP contribution in [0.1, 0.15) is 47.9 Å². The molecule has 0 aliphatic heterocycles. The molecule has 0 atom stereocenters. The van der Waals surface area contributed by atoms with Gasteiger partial charge in [0, 0.05) is 36.3 Å². The maximum Gasteiger partial charge on any atom is 0.292 e. The third kappa shape index (κ3) is 9.35. The van der Waals surface area contributed by atoms with Crippen molar-refractivity contribution in [1.82, 2.24) is 0 Å². The van der Waals surface area contributed by atoms with Gasteiger partial charge in [-0.1, -0.05) is 44.0 Å². The topological polar surface area (TPSA) is 211 Å². The van der Waals surface area contributed by atoms with E-state index in [0.29, 0.717) is 13.0 Å². The molecule has 0 aliphatic rings. The molecule has 16 heteroatoms. The van der Waals surface area contributed by atoms with Crippen LogP contribution in [-0.4, -0.2) is 48.3 Å². The Morgan fingerprint density at radius 2 is 1.38 bits per heavy atom. The molecule has 2 amide bonds. The number of nitrogens with zero attached hydrogens (tertiary/aromatic N) is 2. The van der Waals surface area contributed by atoms with E-state index >= 15 is 0 Å². The van der Waals surface area contributed by atoms with Crippen molar-refractivity contribution in [2.24, 2.45) is 11.5 Å². The summed E-state index contributed by atoms with van der Waals surface area (Å²) in [7, 11) is -1.82. The standard InChI is InChI=1S/C16H25ClN2O5Si.C7H5ClN2O4/c1-16(2,3)25(4,5)24-8-6-7-23-13-10-11(15(18)20)9-12(14(13)17)19(21)22;8-6-4(10(13)14)1-3(7(9)12)2-5(6)11/h9-10H,6-8H2,1-5H3,(H2,18,20);1-2,11H,(H2,9,12). The highest BCUT2D eigenvalue weighted by molar-refractivity contribution is 6.74. The van der Waals surface area contributed by atoms with Crippen molar-refractivity contribution in [2.45, 2.75) is 45.3 Å². The summed E-state index contributed by atoms with van der Waals surface area (Å²) in [6.45, 7) is 11.6. The van der Waals surface area contributed by atoms with E-state index in [9.17, 15) is 29.8 Å². The lowest BCUT2D eigenvalue weighted by Gasteiger charge is -2.36. The van der Waals surface area contributed by atoms with E-state index in [4.69, 9.17) is 48.9 Å². The molecule has 214 valence electrons. The number of primary amides is 2. The van der Waals surface area contributed by atoms with Crippen molar-refractivity contribution in [3.05, 3.63) is 65.7 Å². The Bertz CT molecular complexity index is 1270. The van der Waals surface area contributed by atoms with E-state index in [-0.39, 0.29) is 33.5 Å². The zero-order chi connectivity index (χ0) is 30.3. The maximum atomic E-state index is 11.3. The Balaban J connectivity index is 0.000000457. The molecule has 0 bridgehead atoms. The van der Waals surface area contributed by atoms with E-state index in [1.807, 2.05) is 0 Å². The first-order chi connectivity index (χ1) is 17.8. The van der Waals surface area contributed by atoms with Crippen LogP contribution >= 0.6 is 23.2 Å². The monoisotopic (exact) mass is 604 g/mol. The lowest BCUT2D eigenvalue weighted by molar-refractivity contribution is -0.384. The second-order valence-electron chi connectivity index (χ2n) is 9.69. The summed E-state index contributed by atoms with van der Waals surface area (Å²) in [4.78, 5) is 41.9.